The molecule has 0 aromatic rings. The van der Waals surface area contributed by atoms with E-state index in [1.165, 1.54) is 21.3 Å². The van der Waals surface area contributed by atoms with Crippen LogP contribution in [0.5, 0.6) is 0 Å². The molecule has 0 saturated heterocycles. The van der Waals surface area contributed by atoms with Crippen LogP contribution in [0.3, 0.4) is 0 Å². The number of methoxy groups -OCH3 is 3. The topological polar surface area (TPSA) is 65.0 Å². The molecule has 0 aliphatic carbocycles. The molecule has 0 saturated carbocycles. The number of hydrogen-bond donors (Lipinski definition) is 1. The van der Waals surface area contributed by atoms with Crippen molar-refractivity contribution in [2.45, 2.75) is 24.9 Å². The molecule has 0 heterocycles. The normalized spacial score (nSPS) is 13.1. The first-order valence-corrected chi connectivity index (χ1v) is 6.54. The summed E-state index contributed by atoms with van der Waals surface area (Å²) in [6.45, 7) is 0. The number of ether oxygens (including phenoxy) is 3. The number of rotatable bonds is 8. The van der Waals surface area contributed by atoms with Gasteiger partial charge >= 0.3 is 5.97 Å². The van der Waals surface area contributed by atoms with Gasteiger partial charge in [-0.25, -0.2) is 4.79 Å². The highest BCUT2D eigenvalue weighted by atomic mass is 28.1. The molecule has 6 heteroatoms. The highest BCUT2D eigenvalue weighted by Gasteiger charge is 2.28. The predicted octanol–water partition coefficient (Wildman–Crippen LogP) is 0.154. The maximum Gasteiger partial charge on any atom is 0.330 e. The molecule has 1 N–H and O–H groups in total. The van der Waals surface area contributed by atoms with Gasteiger partial charge in [0.2, 0.25) is 0 Å². The third-order valence-electron chi connectivity index (χ3n) is 2.43. The van der Waals surface area contributed by atoms with Crippen LogP contribution < -0.4 is 0 Å². The number of hydrogen-bond acceptors (Lipinski definition) is 4. The van der Waals surface area contributed by atoms with Crippen molar-refractivity contribution in [3.63, 3.8) is 0 Å². The minimum atomic E-state index is -1.08. The Balaban J connectivity index is 4.37. The minimum Gasteiger partial charge on any atom is -0.478 e. The van der Waals surface area contributed by atoms with E-state index >= 15 is 0 Å². The standard InChI is InChI=1S/C10H20O5Si/c1-13-10(14-2,15-3)6-4-5-8(7-16)9(11)12/h5H,4,6-7H2,1-3,16H3,(H,11,12). The van der Waals surface area contributed by atoms with Crippen LogP contribution in [0.1, 0.15) is 12.8 Å². The Bertz CT molecular complexity index is 239. The van der Waals surface area contributed by atoms with Crippen LogP contribution in [0, 0.1) is 0 Å². The average Bonchev–Trinajstić information content (AvgIpc) is 2.30. The molecular weight excluding hydrogens is 228 g/mol. The highest BCUT2D eigenvalue weighted by molar-refractivity contribution is 6.14. The number of carboxylic acids is 1. The molecule has 0 amide bonds. The van der Waals surface area contributed by atoms with Crippen LogP contribution in [0.4, 0.5) is 0 Å². The number of carbonyl (C=O) groups is 1. The summed E-state index contributed by atoms with van der Waals surface area (Å²) in [6, 6.07) is 0.634. The fourth-order valence-electron chi connectivity index (χ4n) is 1.36. The van der Waals surface area contributed by atoms with Gasteiger partial charge in [-0.2, -0.15) is 0 Å². The molecule has 0 atom stereocenters. The van der Waals surface area contributed by atoms with Crippen LogP contribution in [0.2, 0.25) is 6.04 Å². The van der Waals surface area contributed by atoms with Gasteiger partial charge in [0.25, 0.3) is 5.97 Å². The van der Waals surface area contributed by atoms with Crippen LogP contribution in [0.15, 0.2) is 11.6 Å². The van der Waals surface area contributed by atoms with Crippen LogP contribution in [0.25, 0.3) is 0 Å². The van der Waals surface area contributed by atoms with Gasteiger partial charge in [-0.3, -0.25) is 0 Å². The third-order valence-corrected chi connectivity index (χ3v) is 3.19. The summed E-state index contributed by atoms with van der Waals surface area (Å²) in [5, 5.41) is 8.83. The van der Waals surface area contributed by atoms with Crippen LogP contribution in [-0.2, 0) is 19.0 Å². The van der Waals surface area contributed by atoms with Crippen molar-refractivity contribution in [1.29, 1.82) is 0 Å². The van der Waals surface area contributed by atoms with Crippen molar-refractivity contribution in [3.05, 3.63) is 11.6 Å². The molecule has 0 fully saturated rings. The molecule has 0 spiro atoms. The Morgan fingerprint density at radius 2 is 1.81 bits per heavy atom. The van der Waals surface area contributed by atoms with E-state index in [1.54, 1.807) is 6.08 Å². The van der Waals surface area contributed by atoms with Crippen LogP contribution in [-0.4, -0.2) is 48.6 Å². The predicted molar refractivity (Wildman–Crippen MR) is 63.5 cm³/mol. The zero-order valence-electron chi connectivity index (χ0n) is 10.3. The van der Waals surface area contributed by atoms with Crippen molar-refractivity contribution in [2.24, 2.45) is 0 Å². The van der Waals surface area contributed by atoms with Crippen molar-refractivity contribution < 1.29 is 24.1 Å². The van der Waals surface area contributed by atoms with Crippen molar-refractivity contribution in [1.82, 2.24) is 0 Å². The molecule has 0 aromatic heterocycles. The summed E-state index contributed by atoms with van der Waals surface area (Å²) in [6.07, 6.45) is 2.69. The summed E-state index contributed by atoms with van der Waals surface area (Å²) in [7, 11) is 5.30. The van der Waals surface area contributed by atoms with E-state index in [4.69, 9.17) is 19.3 Å². The van der Waals surface area contributed by atoms with Crippen LogP contribution >= 0.6 is 0 Å². The first-order chi connectivity index (χ1) is 7.55. The zero-order valence-corrected chi connectivity index (χ0v) is 12.3. The second-order valence-electron chi connectivity index (χ2n) is 3.22. The monoisotopic (exact) mass is 248 g/mol. The lowest BCUT2D eigenvalue weighted by atomic mass is 10.2. The molecule has 5 nitrogen and oxygen atoms in total. The zero-order chi connectivity index (χ0) is 12.6. The maximum absolute atomic E-state index is 10.8. The molecule has 0 bridgehead atoms. The van der Waals surface area contributed by atoms with E-state index < -0.39 is 11.9 Å². The van der Waals surface area contributed by atoms with E-state index in [9.17, 15) is 4.79 Å². The molecule has 0 aliphatic heterocycles. The summed E-state index contributed by atoms with van der Waals surface area (Å²) in [5.74, 6) is -1.93. The summed E-state index contributed by atoms with van der Waals surface area (Å²) in [4.78, 5) is 10.8. The molecule has 0 aromatic carbocycles. The quantitative estimate of drug-likeness (QED) is 0.376. The lowest BCUT2D eigenvalue weighted by Crippen LogP contribution is -2.35. The Labute approximate surface area is 98.8 Å². The fraction of sp³-hybridized carbons (Fsp3) is 0.700. The molecule has 0 rings (SSSR count). The lowest BCUT2D eigenvalue weighted by molar-refractivity contribution is -0.354. The first kappa shape index (κ1) is 15.3. The molecule has 0 unspecified atom stereocenters. The molecular formula is C10H20O5Si. The van der Waals surface area contributed by atoms with Crippen molar-refractivity contribution in [2.75, 3.05) is 21.3 Å². The Morgan fingerprint density at radius 3 is 2.12 bits per heavy atom. The van der Waals surface area contributed by atoms with E-state index in [0.717, 1.165) is 10.2 Å². The van der Waals surface area contributed by atoms with E-state index in [-0.39, 0.29) is 0 Å². The lowest BCUT2D eigenvalue weighted by Gasteiger charge is -2.28. The highest BCUT2D eigenvalue weighted by Crippen LogP contribution is 2.20. The van der Waals surface area contributed by atoms with E-state index in [0.29, 0.717) is 24.5 Å². The second kappa shape index (κ2) is 7.56. The van der Waals surface area contributed by atoms with E-state index in [1.807, 2.05) is 0 Å². The van der Waals surface area contributed by atoms with Gasteiger partial charge in [0.05, 0.1) is 0 Å². The number of allylic oxidation sites excluding steroid dienone is 1. The Morgan fingerprint density at radius 1 is 1.31 bits per heavy atom. The molecule has 16 heavy (non-hydrogen) atoms. The third kappa shape index (κ3) is 4.44. The SMILES string of the molecule is COC(CCC=C(C[SiH3])C(=O)O)(OC)OC. The Hall–Kier alpha value is -0.693. The number of carboxylic acid groups (broad SMARTS) is 1. The smallest absolute Gasteiger partial charge is 0.330 e. The van der Waals surface area contributed by atoms with Gasteiger partial charge in [0, 0.05) is 43.6 Å². The summed E-state index contributed by atoms with van der Waals surface area (Å²) in [5.41, 5.74) is 0.448. The summed E-state index contributed by atoms with van der Waals surface area (Å²) >= 11 is 0. The van der Waals surface area contributed by atoms with Gasteiger partial charge in [-0.15, -0.1) is 0 Å². The second-order valence-corrected chi connectivity index (χ2v) is 3.93. The fourth-order valence-corrected chi connectivity index (χ4v) is 1.95. The Kier molecular flexibility index (Phi) is 7.23. The first-order valence-electron chi connectivity index (χ1n) is 5.13. The van der Waals surface area contributed by atoms with Gasteiger partial charge in [-0.05, 0) is 12.5 Å². The number of aliphatic carboxylic acids is 1. The van der Waals surface area contributed by atoms with E-state index in [2.05, 4.69) is 0 Å². The van der Waals surface area contributed by atoms with Gasteiger partial charge in [-0.1, -0.05) is 6.08 Å². The molecule has 0 aliphatic rings. The average molecular weight is 248 g/mol. The van der Waals surface area contributed by atoms with Gasteiger partial charge in [0.15, 0.2) is 0 Å². The largest absolute Gasteiger partial charge is 0.478 e. The maximum atomic E-state index is 10.8. The van der Waals surface area contributed by atoms with Crippen molar-refractivity contribution >= 4 is 16.2 Å². The molecule has 0 radical (unpaired) electrons. The minimum absolute atomic E-state index is 0.448. The van der Waals surface area contributed by atoms with Gasteiger partial charge < -0.3 is 19.3 Å². The summed E-state index contributed by atoms with van der Waals surface area (Å²) < 4.78 is 15.3. The van der Waals surface area contributed by atoms with Crippen molar-refractivity contribution in [3.8, 4) is 0 Å². The molecule has 94 valence electrons. The van der Waals surface area contributed by atoms with Gasteiger partial charge in [0.1, 0.15) is 0 Å².